The topological polar surface area (TPSA) is 98.2 Å². The lowest BCUT2D eigenvalue weighted by atomic mass is 9.76. The molecule has 26 heavy (non-hydrogen) atoms. The van der Waals surface area contributed by atoms with E-state index in [0.717, 1.165) is 38.0 Å². The Hall–Kier alpha value is -2.41. The van der Waals surface area contributed by atoms with E-state index >= 15 is 0 Å². The van der Waals surface area contributed by atoms with Crippen molar-refractivity contribution in [2.75, 3.05) is 19.6 Å². The summed E-state index contributed by atoms with van der Waals surface area (Å²) in [4.78, 5) is 38.0. The van der Waals surface area contributed by atoms with Gasteiger partial charge in [0.2, 0.25) is 5.91 Å². The van der Waals surface area contributed by atoms with Gasteiger partial charge in [0.15, 0.2) is 0 Å². The molecule has 2 fully saturated rings. The van der Waals surface area contributed by atoms with E-state index in [2.05, 4.69) is 4.90 Å². The summed E-state index contributed by atoms with van der Waals surface area (Å²) in [5, 5.41) is 18.4. The predicted molar refractivity (Wildman–Crippen MR) is 93.8 cm³/mol. The van der Waals surface area contributed by atoms with Crippen molar-refractivity contribution >= 4 is 17.8 Å². The first-order valence-electron chi connectivity index (χ1n) is 8.84. The number of likely N-dealkylation sites (tertiary alicyclic amines) is 2. The van der Waals surface area contributed by atoms with Crippen molar-refractivity contribution in [1.82, 2.24) is 9.80 Å². The van der Waals surface area contributed by atoms with E-state index in [1.54, 1.807) is 12.1 Å². The smallest absolute Gasteiger partial charge is 0.335 e. The Balaban J connectivity index is 1.59. The number of carbonyl (C=O) groups excluding carboxylic acids is 1. The van der Waals surface area contributed by atoms with Crippen molar-refractivity contribution in [1.29, 1.82) is 0 Å². The van der Waals surface area contributed by atoms with Crippen molar-refractivity contribution in [3.8, 4) is 0 Å². The van der Waals surface area contributed by atoms with Gasteiger partial charge in [-0.3, -0.25) is 9.69 Å². The lowest BCUT2D eigenvalue weighted by Gasteiger charge is -2.39. The maximum absolute atomic E-state index is 11.8. The second kappa shape index (κ2) is 7.07. The minimum atomic E-state index is -0.930. The van der Waals surface area contributed by atoms with Crippen molar-refractivity contribution < 1.29 is 24.6 Å². The molecule has 2 aliphatic rings. The zero-order valence-electron chi connectivity index (χ0n) is 14.9. The van der Waals surface area contributed by atoms with Gasteiger partial charge in [0, 0.05) is 20.0 Å². The molecule has 1 amide bonds. The second-order valence-electron chi connectivity index (χ2n) is 7.48. The van der Waals surface area contributed by atoms with Crippen LogP contribution in [-0.2, 0) is 16.1 Å². The number of benzene rings is 1. The van der Waals surface area contributed by atoms with Gasteiger partial charge in [0.05, 0.1) is 5.56 Å². The molecule has 7 nitrogen and oxygen atoms in total. The Morgan fingerprint density at radius 3 is 2.19 bits per heavy atom. The number of amides is 1. The Bertz CT molecular complexity index is 683. The van der Waals surface area contributed by atoms with E-state index in [1.165, 1.54) is 11.8 Å². The van der Waals surface area contributed by atoms with Gasteiger partial charge in [-0.05, 0) is 55.5 Å². The van der Waals surface area contributed by atoms with E-state index in [9.17, 15) is 19.5 Å². The van der Waals surface area contributed by atoms with Gasteiger partial charge in [-0.2, -0.15) is 0 Å². The van der Waals surface area contributed by atoms with Crippen LogP contribution >= 0.6 is 0 Å². The molecule has 0 saturated carbocycles. The van der Waals surface area contributed by atoms with Gasteiger partial charge in [0.1, 0.15) is 6.04 Å². The Kier molecular flexibility index (Phi) is 5.00. The maximum atomic E-state index is 11.8. The van der Waals surface area contributed by atoms with Crippen LogP contribution < -0.4 is 0 Å². The van der Waals surface area contributed by atoms with Gasteiger partial charge in [-0.15, -0.1) is 0 Å². The average Bonchev–Trinajstić information content (AvgIpc) is 2.98. The minimum absolute atomic E-state index is 0.0988. The van der Waals surface area contributed by atoms with Crippen LogP contribution in [-0.4, -0.2) is 63.5 Å². The third-order valence-electron chi connectivity index (χ3n) is 5.72. The normalized spacial score (nSPS) is 22.5. The summed E-state index contributed by atoms with van der Waals surface area (Å²) in [7, 11) is 0. The van der Waals surface area contributed by atoms with E-state index in [1.807, 2.05) is 12.1 Å². The fourth-order valence-corrected chi connectivity index (χ4v) is 4.17. The van der Waals surface area contributed by atoms with Crippen LogP contribution in [0.4, 0.5) is 0 Å². The number of carboxylic acid groups (broad SMARTS) is 2. The zero-order chi connectivity index (χ0) is 18.9. The van der Waals surface area contributed by atoms with E-state index < -0.39 is 18.0 Å². The number of aliphatic carboxylic acids is 1. The summed E-state index contributed by atoms with van der Waals surface area (Å²) in [6, 6.07) is 6.19. The highest BCUT2D eigenvalue weighted by molar-refractivity contribution is 5.87. The Labute approximate surface area is 152 Å². The lowest BCUT2D eigenvalue weighted by Crippen LogP contribution is -2.42. The number of piperidine rings is 1. The van der Waals surface area contributed by atoms with E-state index in [-0.39, 0.29) is 16.9 Å². The molecule has 2 aliphatic heterocycles. The molecule has 2 heterocycles. The number of nitrogens with zero attached hydrogens (tertiary/aromatic N) is 2. The van der Waals surface area contributed by atoms with Crippen molar-refractivity contribution in [2.45, 2.75) is 38.8 Å². The first kappa shape index (κ1) is 18.4. The summed E-state index contributed by atoms with van der Waals surface area (Å²) in [5.41, 5.74) is 1.24. The molecular formula is C19H24N2O5. The summed E-state index contributed by atoms with van der Waals surface area (Å²) >= 11 is 0. The Morgan fingerprint density at radius 1 is 1.12 bits per heavy atom. The quantitative estimate of drug-likeness (QED) is 0.848. The van der Waals surface area contributed by atoms with E-state index in [0.29, 0.717) is 13.0 Å². The van der Waals surface area contributed by atoms with Crippen LogP contribution in [0, 0.1) is 5.41 Å². The highest BCUT2D eigenvalue weighted by atomic mass is 16.4. The number of aromatic carboxylic acids is 1. The summed E-state index contributed by atoms with van der Waals surface area (Å²) in [6.07, 6.45) is 2.27. The molecule has 3 rings (SSSR count). The van der Waals surface area contributed by atoms with Crippen LogP contribution in [0.1, 0.15) is 42.1 Å². The molecule has 1 unspecified atom stereocenters. The van der Waals surface area contributed by atoms with Crippen LogP contribution in [0.5, 0.6) is 0 Å². The number of carboxylic acids is 2. The molecule has 140 valence electrons. The fraction of sp³-hybridized carbons (Fsp3) is 0.526. The summed E-state index contributed by atoms with van der Waals surface area (Å²) < 4.78 is 0. The summed E-state index contributed by atoms with van der Waals surface area (Å²) in [5.74, 6) is -2.02. The van der Waals surface area contributed by atoms with Crippen LogP contribution in [0.25, 0.3) is 0 Å². The summed E-state index contributed by atoms with van der Waals surface area (Å²) in [6.45, 7) is 4.40. The molecule has 0 aromatic heterocycles. The third kappa shape index (κ3) is 3.72. The van der Waals surface area contributed by atoms with Crippen LogP contribution in [0.2, 0.25) is 0 Å². The van der Waals surface area contributed by atoms with Gasteiger partial charge in [-0.1, -0.05) is 12.1 Å². The SMILES string of the molecule is CC(=O)N1CC2(CCN(Cc3ccc(C(=O)O)cc3)CC2)CC1C(=O)O. The van der Waals surface area contributed by atoms with E-state index in [4.69, 9.17) is 5.11 Å². The maximum Gasteiger partial charge on any atom is 0.335 e. The fourth-order valence-electron chi connectivity index (χ4n) is 4.17. The molecule has 1 aromatic rings. The molecule has 7 heteroatoms. The standard InChI is InChI=1S/C19H24N2O5/c1-13(22)21-12-19(10-16(21)18(25)26)6-8-20(9-7-19)11-14-2-4-15(5-3-14)17(23)24/h2-5,16H,6-12H2,1H3,(H,23,24)(H,25,26). The molecule has 2 saturated heterocycles. The molecule has 0 aliphatic carbocycles. The first-order chi connectivity index (χ1) is 12.3. The molecule has 0 radical (unpaired) electrons. The average molecular weight is 360 g/mol. The number of carbonyl (C=O) groups is 3. The van der Waals surface area contributed by atoms with Gasteiger partial charge >= 0.3 is 11.9 Å². The highest BCUT2D eigenvalue weighted by Gasteiger charge is 2.48. The number of rotatable bonds is 4. The molecule has 1 spiro atoms. The van der Waals surface area contributed by atoms with Gasteiger partial charge in [-0.25, -0.2) is 9.59 Å². The largest absolute Gasteiger partial charge is 0.480 e. The minimum Gasteiger partial charge on any atom is -0.480 e. The number of hydrogen-bond donors (Lipinski definition) is 2. The third-order valence-corrected chi connectivity index (χ3v) is 5.72. The van der Waals surface area contributed by atoms with Crippen LogP contribution in [0.15, 0.2) is 24.3 Å². The van der Waals surface area contributed by atoms with Crippen molar-refractivity contribution in [3.05, 3.63) is 35.4 Å². The molecular weight excluding hydrogens is 336 g/mol. The lowest BCUT2D eigenvalue weighted by molar-refractivity contribution is -0.147. The van der Waals surface area contributed by atoms with Crippen molar-refractivity contribution in [3.63, 3.8) is 0 Å². The Morgan fingerprint density at radius 2 is 1.73 bits per heavy atom. The second-order valence-corrected chi connectivity index (χ2v) is 7.48. The predicted octanol–water partition coefficient (Wildman–Crippen LogP) is 1.67. The number of hydrogen-bond acceptors (Lipinski definition) is 4. The monoisotopic (exact) mass is 360 g/mol. The van der Waals surface area contributed by atoms with Gasteiger partial charge in [0.25, 0.3) is 0 Å². The van der Waals surface area contributed by atoms with Crippen LogP contribution in [0.3, 0.4) is 0 Å². The van der Waals surface area contributed by atoms with Gasteiger partial charge < -0.3 is 15.1 Å². The zero-order valence-corrected chi connectivity index (χ0v) is 14.9. The molecule has 1 aromatic carbocycles. The molecule has 2 N–H and O–H groups in total. The first-order valence-corrected chi connectivity index (χ1v) is 8.84. The molecule has 1 atom stereocenters. The molecule has 0 bridgehead atoms. The highest BCUT2D eigenvalue weighted by Crippen LogP contribution is 2.43. The van der Waals surface area contributed by atoms with Crippen molar-refractivity contribution in [2.24, 2.45) is 5.41 Å².